The number of nitrogens with zero attached hydrogens (tertiary/aromatic N) is 1. The summed E-state index contributed by atoms with van der Waals surface area (Å²) in [6.45, 7) is 3.62. The van der Waals surface area contributed by atoms with Gasteiger partial charge in [0.15, 0.2) is 0 Å². The van der Waals surface area contributed by atoms with Gasteiger partial charge in [-0.2, -0.15) is 4.31 Å². The summed E-state index contributed by atoms with van der Waals surface area (Å²) < 4.78 is 37.8. The lowest BCUT2D eigenvalue weighted by atomic mass is 10.1. The zero-order chi connectivity index (χ0) is 13.1. The molecule has 1 aromatic rings. The summed E-state index contributed by atoms with van der Waals surface area (Å²) in [7, 11) is -1.67. The molecule has 1 rings (SSSR count). The fourth-order valence-electron chi connectivity index (χ4n) is 1.59. The van der Waals surface area contributed by atoms with Gasteiger partial charge in [-0.25, -0.2) is 12.8 Å². The first-order valence-electron chi connectivity index (χ1n) is 5.59. The van der Waals surface area contributed by atoms with Crippen LogP contribution in [0.3, 0.4) is 0 Å². The summed E-state index contributed by atoms with van der Waals surface area (Å²) in [6, 6.07) is 5.61. The van der Waals surface area contributed by atoms with Gasteiger partial charge < -0.3 is 0 Å². The minimum absolute atomic E-state index is 0.134. The molecular weight excluding hydrogens is 241 g/mol. The summed E-state index contributed by atoms with van der Waals surface area (Å²) in [5.41, 5.74) is 0.786. The molecule has 0 aromatic heterocycles. The Bertz CT molecular complexity index is 456. The molecule has 96 valence electrons. The Kier molecular flexibility index (Phi) is 4.65. The fraction of sp³-hybridized carbons (Fsp3) is 0.500. The van der Waals surface area contributed by atoms with Crippen LogP contribution in [0.1, 0.15) is 31.9 Å². The van der Waals surface area contributed by atoms with Gasteiger partial charge in [-0.15, -0.1) is 0 Å². The van der Waals surface area contributed by atoms with Gasteiger partial charge in [0.05, 0.1) is 5.75 Å². The molecule has 0 amide bonds. The van der Waals surface area contributed by atoms with E-state index in [2.05, 4.69) is 0 Å². The van der Waals surface area contributed by atoms with Crippen molar-refractivity contribution >= 4 is 10.0 Å². The van der Waals surface area contributed by atoms with E-state index in [9.17, 15) is 12.8 Å². The highest BCUT2D eigenvalue weighted by Crippen LogP contribution is 2.22. The smallest absolute Gasteiger partial charge is 0.212 e. The van der Waals surface area contributed by atoms with E-state index in [0.29, 0.717) is 6.42 Å². The second kappa shape index (κ2) is 5.60. The number of sulfonamides is 1. The maximum atomic E-state index is 12.8. The van der Waals surface area contributed by atoms with E-state index in [-0.39, 0.29) is 17.6 Å². The summed E-state index contributed by atoms with van der Waals surface area (Å²) in [5.74, 6) is -0.185. The zero-order valence-electron chi connectivity index (χ0n) is 10.4. The standard InChI is InChI=1S/C12H18FNO2S/c1-4-9-17(15,16)14(3)10(2)11-5-7-12(13)8-6-11/h5-8,10H,4,9H2,1-3H3. The van der Waals surface area contributed by atoms with Crippen molar-refractivity contribution in [2.24, 2.45) is 0 Å². The number of halogens is 1. The van der Waals surface area contributed by atoms with E-state index in [1.165, 1.54) is 16.4 Å². The molecule has 1 unspecified atom stereocenters. The Morgan fingerprint density at radius 2 is 1.82 bits per heavy atom. The van der Waals surface area contributed by atoms with Crippen LogP contribution in [-0.2, 0) is 10.0 Å². The highest BCUT2D eigenvalue weighted by Gasteiger charge is 2.23. The third-order valence-corrected chi connectivity index (χ3v) is 4.92. The lowest BCUT2D eigenvalue weighted by molar-refractivity contribution is 0.398. The second-order valence-electron chi connectivity index (χ2n) is 4.06. The van der Waals surface area contributed by atoms with Crippen LogP contribution in [0.15, 0.2) is 24.3 Å². The van der Waals surface area contributed by atoms with E-state index in [1.807, 2.05) is 6.92 Å². The van der Waals surface area contributed by atoms with Crippen LogP contribution >= 0.6 is 0 Å². The molecule has 3 nitrogen and oxygen atoms in total. The molecule has 0 aliphatic heterocycles. The van der Waals surface area contributed by atoms with Gasteiger partial charge in [-0.3, -0.25) is 0 Å². The molecule has 0 saturated heterocycles. The summed E-state index contributed by atoms with van der Waals surface area (Å²) in [5, 5.41) is 0. The Hall–Kier alpha value is -0.940. The quantitative estimate of drug-likeness (QED) is 0.815. The normalized spacial score (nSPS) is 13.9. The molecule has 1 atom stereocenters. The molecule has 0 fully saturated rings. The molecule has 17 heavy (non-hydrogen) atoms. The molecule has 1 aromatic carbocycles. The predicted octanol–water partition coefficient (Wildman–Crippen LogP) is 2.56. The molecule has 5 heteroatoms. The van der Waals surface area contributed by atoms with Crippen molar-refractivity contribution in [1.29, 1.82) is 0 Å². The first-order chi connectivity index (χ1) is 7.88. The Labute approximate surface area is 102 Å². The van der Waals surface area contributed by atoms with Crippen molar-refractivity contribution in [3.8, 4) is 0 Å². The van der Waals surface area contributed by atoms with Crippen LogP contribution in [0.2, 0.25) is 0 Å². The van der Waals surface area contributed by atoms with Crippen LogP contribution in [0.25, 0.3) is 0 Å². The summed E-state index contributed by atoms with van der Waals surface area (Å²) in [4.78, 5) is 0. The van der Waals surface area contributed by atoms with Gasteiger partial charge in [-0.05, 0) is 31.0 Å². The van der Waals surface area contributed by atoms with Crippen molar-refractivity contribution in [1.82, 2.24) is 4.31 Å². The van der Waals surface area contributed by atoms with Gasteiger partial charge in [0, 0.05) is 13.1 Å². The van der Waals surface area contributed by atoms with Gasteiger partial charge >= 0.3 is 0 Å². The lowest BCUT2D eigenvalue weighted by Gasteiger charge is -2.24. The maximum absolute atomic E-state index is 12.8. The molecule has 0 radical (unpaired) electrons. The fourth-order valence-corrected chi connectivity index (χ4v) is 3.00. The minimum Gasteiger partial charge on any atom is -0.212 e. The largest absolute Gasteiger partial charge is 0.214 e. The van der Waals surface area contributed by atoms with Crippen molar-refractivity contribution in [2.75, 3.05) is 12.8 Å². The van der Waals surface area contributed by atoms with Gasteiger partial charge in [0.1, 0.15) is 5.82 Å². The van der Waals surface area contributed by atoms with Crippen LogP contribution in [-0.4, -0.2) is 25.5 Å². The molecular formula is C12H18FNO2S. The van der Waals surface area contributed by atoms with Gasteiger partial charge in [0.2, 0.25) is 10.0 Å². The number of rotatable bonds is 5. The first-order valence-corrected chi connectivity index (χ1v) is 7.20. The summed E-state index contributed by atoms with van der Waals surface area (Å²) in [6.07, 6.45) is 0.586. The highest BCUT2D eigenvalue weighted by molar-refractivity contribution is 7.89. The number of hydrogen-bond donors (Lipinski definition) is 0. The van der Waals surface area contributed by atoms with E-state index >= 15 is 0 Å². The van der Waals surface area contributed by atoms with Gasteiger partial charge in [-0.1, -0.05) is 19.1 Å². The van der Waals surface area contributed by atoms with Gasteiger partial charge in [0.25, 0.3) is 0 Å². The Balaban J connectivity index is 2.90. The van der Waals surface area contributed by atoms with E-state index in [1.54, 1.807) is 26.1 Å². The SMILES string of the molecule is CCCS(=O)(=O)N(C)C(C)c1ccc(F)cc1. The van der Waals surface area contributed by atoms with Crippen LogP contribution < -0.4 is 0 Å². The number of hydrogen-bond acceptors (Lipinski definition) is 2. The second-order valence-corrected chi connectivity index (χ2v) is 6.21. The van der Waals surface area contributed by atoms with Crippen LogP contribution in [0.4, 0.5) is 4.39 Å². The van der Waals surface area contributed by atoms with E-state index in [0.717, 1.165) is 5.56 Å². The molecule has 0 saturated carbocycles. The number of benzene rings is 1. The van der Waals surface area contributed by atoms with E-state index in [4.69, 9.17) is 0 Å². The monoisotopic (exact) mass is 259 g/mol. The highest BCUT2D eigenvalue weighted by atomic mass is 32.2. The predicted molar refractivity (Wildman–Crippen MR) is 66.7 cm³/mol. The zero-order valence-corrected chi connectivity index (χ0v) is 11.2. The molecule has 0 heterocycles. The van der Waals surface area contributed by atoms with E-state index < -0.39 is 10.0 Å². The molecule has 0 bridgehead atoms. The van der Waals surface area contributed by atoms with Crippen molar-refractivity contribution in [3.63, 3.8) is 0 Å². The third-order valence-electron chi connectivity index (χ3n) is 2.80. The van der Waals surface area contributed by atoms with Crippen LogP contribution in [0, 0.1) is 5.82 Å². The lowest BCUT2D eigenvalue weighted by Crippen LogP contribution is -2.31. The topological polar surface area (TPSA) is 37.4 Å². The average Bonchev–Trinajstić information content (AvgIpc) is 2.28. The molecule has 0 N–H and O–H groups in total. The summed E-state index contributed by atoms with van der Waals surface area (Å²) >= 11 is 0. The molecule has 0 spiro atoms. The average molecular weight is 259 g/mol. The van der Waals surface area contributed by atoms with Crippen LogP contribution in [0.5, 0.6) is 0 Å². The minimum atomic E-state index is -3.23. The van der Waals surface area contributed by atoms with Crippen molar-refractivity contribution in [3.05, 3.63) is 35.6 Å². The third kappa shape index (κ3) is 3.51. The van der Waals surface area contributed by atoms with Crippen molar-refractivity contribution in [2.45, 2.75) is 26.3 Å². The Morgan fingerprint density at radius 3 is 2.29 bits per heavy atom. The first kappa shape index (κ1) is 14.1. The molecule has 0 aliphatic carbocycles. The molecule has 0 aliphatic rings. The maximum Gasteiger partial charge on any atom is 0.214 e. The Morgan fingerprint density at radius 1 is 1.29 bits per heavy atom. The van der Waals surface area contributed by atoms with Crippen molar-refractivity contribution < 1.29 is 12.8 Å².